The molecule has 2 N–H and O–H groups in total. The van der Waals surface area contributed by atoms with Crippen molar-refractivity contribution in [1.29, 1.82) is 0 Å². The molecule has 0 heterocycles. The van der Waals surface area contributed by atoms with E-state index in [1.807, 2.05) is 25.1 Å². The average molecular weight is 257 g/mol. The molecule has 1 aromatic carbocycles. The molecule has 0 aliphatic heterocycles. The molecule has 0 radical (unpaired) electrons. The fourth-order valence-electron chi connectivity index (χ4n) is 2.27. The van der Waals surface area contributed by atoms with Crippen molar-refractivity contribution in [2.45, 2.75) is 32.7 Å². The van der Waals surface area contributed by atoms with Crippen LogP contribution in [0.3, 0.4) is 0 Å². The molecule has 1 fully saturated rings. The van der Waals surface area contributed by atoms with Gasteiger partial charge in [-0.25, -0.2) is 0 Å². The first-order chi connectivity index (χ1) is 9.17. The van der Waals surface area contributed by atoms with Crippen LogP contribution in [0.15, 0.2) is 18.2 Å². The van der Waals surface area contributed by atoms with Crippen LogP contribution in [0.2, 0.25) is 0 Å². The number of aliphatic hydroxyl groups is 1. The van der Waals surface area contributed by atoms with Gasteiger partial charge in [-0.15, -0.1) is 0 Å². The maximum absolute atomic E-state index is 12.2. The molecule has 1 aliphatic carbocycles. The maximum atomic E-state index is 12.2. The highest BCUT2D eigenvalue weighted by Gasteiger charge is 2.36. The lowest BCUT2D eigenvalue weighted by atomic mass is 10.0. The van der Waals surface area contributed by atoms with Crippen LogP contribution in [-0.2, 0) is 0 Å². The highest BCUT2D eigenvalue weighted by atomic mass is 16.2. The van der Waals surface area contributed by atoms with Crippen molar-refractivity contribution in [3.8, 4) is 11.8 Å². The summed E-state index contributed by atoms with van der Waals surface area (Å²) in [7, 11) is 0. The molecule has 2 atom stereocenters. The number of hydrogen-bond acceptors (Lipinski definition) is 2. The summed E-state index contributed by atoms with van der Waals surface area (Å²) < 4.78 is 0. The van der Waals surface area contributed by atoms with Gasteiger partial charge in [0.15, 0.2) is 0 Å². The molecule has 2 rings (SSSR count). The molecule has 1 saturated carbocycles. The summed E-state index contributed by atoms with van der Waals surface area (Å²) in [6, 6.07) is 5.84. The largest absolute Gasteiger partial charge is 0.384 e. The fourth-order valence-corrected chi connectivity index (χ4v) is 2.27. The van der Waals surface area contributed by atoms with E-state index < -0.39 is 0 Å². The molecule has 19 heavy (non-hydrogen) atoms. The van der Waals surface area contributed by atoms with Crippen LogP contribution < -0.4 is 5.32 Å². The van der Waals surface area contributed by atoms with Crippen LogP contribution in [0.25, 0.3) is 0 Å². The number of carbonyl (C=O) groups is 1. The number of carbonyl (C=O) groups excluding carboxylic acids is 1. The SMILES string of the molecule is CCC1CC1NC(=O)c1cccc(C#CCO)c1C. The van der Waals surface area contributed by atoms with Gasteiger partial charge in [0.1, 0.15) is 6.61 Å². The van der Waals surface area contributed by atoms with Gasteiger partial charge in [-0.1, -0.05) is 31.3 Å². The maximum Gasteiger partial charge on any atom is 0.251 e. The second kappa shape index (κ2) is 5.90. The van der Waals surface area contributed by atoms with Crippen molar-refractivity contribution in [2.24, 2.45) is 5.92 Å². The predicted molar refractivity (Wildman–Crippen MR) is 74.8 cm³/mol. The molecule has 1 aromatic rings. The van der Waals surface area contributed by atoms with Gasteiger partial charge in [0.2, 0.25) is 0 Å². The van der Waals surface area contributed by atoms with Crippen LogP contribution in [0, 0.1) is 24.7 Å². The van der Waals surface area contributed by atoms with E-state index in [2.05, 4.69) is 24.1 Å². The molecule has 0 aromatic heterocycles. The first kappa shape index (κ1) is 13.6. The van der Waals surface area contributed by atoms with Crippen molar-refractivity contribution in [1.82, 2.24) is 5.32 Å². The summed E-state index contributed by atoms with van der Waals surface area (Å²) in [6.07, 6.45) is 2.21. The molecule has 0 spiro atoms. The fraction of sp³-hybridized carbons (Fsp3) is 0.438. The number of nitrogens with one attached hydrogen (secondary N) is 1. The van der Waals surface area contributed by atoms with Crippen molar-refractivity contribution >= 4 is 5.91 Å². The number of benzene rings is 1. The molecule has 3 nitrogen and oxygen atoms in total. The summed E-state index contributed by atoms with van der Waals surface area (Å²) in [5, 5.41) is 11.8. The topological polar surface area (TPSA) is 49.3 Å². The van der Waals surface area contributed by atoms with E-state index in [0.29, 0.717) is 17.5 Å². The normalized spacial score (nSPS) is 20.4. The molecular formula is C16H19NO2. The second-order valence-corrected chi connectivity index (χ2v) is 4.92. The minimum atomic E-state index is -0.171. The minimum Gasteiger partial charge on any atom is -0.384 e. The van der Waals surface area contributed by atoms with E-state index in [9.17, 15) is 4.79 Å². The summed E-state index contributed by atoms with van der Waals surface area (Å²) >= 11 is 0. The van der Waals surface area contributed by atoms with Gasteiger partial charge >= 0.3 is 0 Å². The Morgan fingerprint density at radius 2 is 2.32 bits per heavy atom. The minimum absolute atomic E-state index is 0.0221. The standard InChI is InChI=1S/C16H19NO2/c1-3-12-10-15(12)17-16(19)14-8-4-6-13(11(14)2)7-5-9-18/h4,6,8,12,15,18H,3,9-10H2,1-2H3,(H,17,19). The van der Waals surface area contributed by atoms with Gasteiger partial charge in [-0.05, 0) is 37.0 Å². The Morgan fingerprint density at radius 1 is 1.53 bits per heavy atom. The third-order valence-corrected chi connectivity index (χ3v) is 3.64. The Kier molecular flexibility index (Phi) is 4.24. The van der Waals surface area contributed by atoms with Crippen molar-refractivity contribution in [2.75, 3.05) is 6.61 Å². The van der Waals surface area contributed by atoms with Crippen molar-refractivity contribution in [3.05, 3.63) is 34.9 Å². The first-order valence-corrected chi connectivity index (χ1v) is 6.67. The van der Waals surface area contributed by atoms with Crippen LogP contribution in [0.1, 0.15) is 41.3 Å². The molecule has 0 bridgehead atoms. The molecule has 3 heteroatoms. The monoisotopic (exact) mass is 257 g/mol. The van der Waals surface area contributed by atoms with E-state index in [1.54, 1.807) is 0 Å². The second-order valence-electron chi connectivity index (χ2n) is 4.92. The number of aliphatic hydroxyl groups excluding tert-OH is 1. The Labute approximate surface area is 114 Å². The lowest BCUT2D eigenvalue weighted by Crippen LogP contribution is -2.27. The van der Waals surface area contributed by atoms with Gasteiger partial charge in [-0.3, -0.25) is 4.79 Å². The zero-order valence-electron chi connectivity index (χ0n) is 11.4. The highest BCUT2D eigenvalue weighted by Crippen LogP contribution is 2.33. The van der Waals surface area contributed by atoms with E-state index >= 15 is 0 Å². The van der Waals surface area contributed by atoms with E-state index in [-0.39, 0.29) is 12.5 Å². The lowest BCUT2D eigenvalue weighted by Gasteiger charge is -2.08. The highest BCUT2D eigenvalue weighted by molar-refractivity contribution is 5.96. The zero-order chi connectivity index (χ0) is 13.8. The van der Waals surface area contributed by atoms with Crippen molar-refractivity contribution < 1.29 is 9.90 Å². The van der Waals surface area contributed by atoms with E-state index in [0.717, 1.165) is 24.0 Å². The first-order valence-electron chi connectivity index (χ1n) is 6.67. The summed E-state index contributed by atoms with van der Waals surface area (Å²) in [5.41, 5.74) is 2.34. The smallest absolute Gasteiger partial charge is 0.251 e. The summed E-state index contributed by atoms with van der Waals surface area (Å²) in [6.45, 7) is 3.86. The Morgan fingerprint density at radius 3 is 2.95 bits per heavy atom. The third kappa shape index (κ3) is 3.15. The molecule has 1 aliphatic rings. The van der Waals surface area contributed by atoms with Crippen LogP contribution >= 0.6 is 0 Å². The molecule has 2 unspecified atom stereocenters. The number of hydrogen-bond donors (Lipinski definition) is 2. The molecule has 1 amide bonds. The summed E-state index contributed by atoms with van der Waals surface area (Å²) in [4.78, 5) is 12.2. The van der Waals surface area contributed by atoms with Crippen LogP contribution in [-0.4, -0.2) is 23.7 Å². The molecule has 100 valence electrons. The number of amides is 1. The Hall–Kier alpha value is -1.79. The van der Waals surface area contributed by atoms with E-state index in [4.69, 9.17) is 5.11 Å². The van der Waals surface area contributed by atoms with E-state index in [1.165, 1.54) is 0 Å². The van der Waals surface area contributed by atoms with Crippen LogP contribution in [0.4, 0.5) is 0 Å². The Balaban J connectivity index is 2.13. The average Bonchev–Trinajstić information content (AvgIpc) is 3.15. The van der Waals surface area contributed by atoms with Gasteiger partial charge in [0, 0.05) is 17.2 Å². The van der Waals surface area contributed by atoms with Gasteiger partial charge in [-0.2, -0.15) is 0 Å². The predicted octanol–water partition coefficient (Wildman–Crippen LogP) is 1.87. The number of rotatable bonds is 3. The van der Waals surface area contributed by atoms with Crippen molar-refractivity contribution in [3.63, 3.8) is 0 Å². The third-order valence-electron chi connectivity index (χ3n) is 3.64. The quantitative estimate of drug-likeness (QED) is 0.812. The van der Waals surface area contributed by atoms with Gasteiger partial charge in [0.05, 0.1) is 0 Å². The summed E-state index contributed by atoms with van der Waals surface area (Å²) in [5.74, 6) is 6.10. The zero-order valence-corrected chi connectivity index (χ0v) is 11.4. The lowest BCUT2D eigenvalue weighted by molar-refractivity contribution is 0.0948. The Bertz CT molecular complexity index is 539. The molecular weight excluding hydrogens is 238 g/mol. The van der Waals surface area contributed by atoms with Gasteiger partial charge < -0.3 is 10.4 Å². The van der Waals surface area contributed by atoms with Gasteiger partial charge in [0.25, 0.3) is 5.91 Å². The van der Waals surface area contributed by atoms with Crippen LogP contribution in [0.5, 0.6) is 0 Å². The molecule has 0 saturated heterocycles.